The van der Waals surface area contributed by atoms with Crippen LogP contribution < -0.4 is 4.74 Å². The molecule has 0 saturated carbocycles. The molecule has 0 spiro atoms. The van der Waals surface area contributed by atoms with Gasteiger partial charge in [-0.3, -0.25) is 0 Å². The third-order valence-corrected chi connectivity index (χ3v) is 4.06. The first-order chi connectivity index (χ1) is 11.2. The number of allylic oxidation sites excluding steroid dienone is 3. The van der Waals surface area contributed by atoms with Gasteiger partial charge < -0.3 is 9.47 Å². The van der Waals surface area contributed by atoms with E-state index in [-0.39, 0.29) is 0 Å². The minimum Gasteiger partial charge on any atom is -0.497 e. The fraction of sp³-hybridized carbons (Fsp3) is 0.190. The molecule has 0 heterocycles. The van der Waals surface area contributed by atoms with Gasteiger partial charge in [-0.25, -0.2) is 0 Å². The van der Waals surface area contributed by atoms with Gasteiger partial charge in [0.25, 0.3) is 0 Å². The highest BCUT2D eigenvalue weighted by atomic mass is 16.5. The number of aryl methyl sites for hydroxylation is 1. The molecular formula is C21H21O2. The molecule has 0 amide bonds. The lowest BCUT2D eigenvalue weighted by Crippen LogP contribution is -1.98. The minimum absolute atomic E-state index is 0.865. The Kier molecular flexibility index (Phi) is 4.52. The molecule has 0 unspecified atom stereocenters. The second kappa shape index (κ2) is 6.74. The Hall–Kier alpha value is -2.48. The molecule has 1 radical (unpaired) electrons. The Morgan fingerprint density at radius 1 is 0.913 bits per heavy atom. The third-order valence-electron chi connectivity index (χ3n) is 4.06. The lowest BCUT2D eigenvalue weighted by molar-refractivity contribution is 0.305. The Morgan fingerprint density at radius 2 is 1.78 bits per heavy atom. The first-order valence-electron chi connectivity index (χ1n) is 7.76. The second-order valence-corrected chi connectivity index (χ2v) is 5.63. The molecular weight excluding hydrogens is 284 g/mol. The topological polar surface area (TPSA) is 18.5 Å². The summed E-state index contributed by atoms with van der Waals surface area (Å²) in [5, 5.41) is 0. The van der Waals surface area contributed by atoms with E-state index in [0.717, 1.165) is 17.9 Å². The van der Waals surface area contributed by atoms with Crippen molar-refractivity contribution >= 4 is 5.57 Å². The summed E-state index contributed by atoms with van der Waals surface area (Å²) < 4.78 is 10.8. The summed E-state index contributed by atoms with van der Waals surface area (Å²) in [6.07, 6.45) is 7.28. The molecule has 0 saturated heterocycles. The van der Waals surface area contributed by atoms with Crippen molar-refractivity contribution in [3.8, 4) is 16.9 Å². The lowest BCUT2D eigenvalue weighted by Gasteiger charge is -2.18. The van der Waals surface area contributed by atoms with Crippen molar-refractivity contribution in [2.24, 2.45) is 0 Å². The van der Waals surface area contributed by atoms with Gasteiger partial charge in [0, 0.05) is 0 Å². The summed E-state index contributed by atoms with van der Waals surface area (Å²) in [5.41, 5.74) is 5.99. The Labute approximate surface area is 138 Å². The smallest absolute Gasteiger partial charge is 0.119 e. The van der Waals surface area contributed by atoms with Crippen LogP contribution >= 0.6 is 0 Å². The molecule has 0 aromatic heterocycles. The van der Waals surface area contributed by atoms with Crippen molar-refractivity contribution in [3.63, 3.8) is 0 Å². The molecule has 2 aromatic carbocycles. The van der Waals surface area contributed by atoms with Crippen LogP contribution in [0.3, 0.4) is 0 Å². The van der Waals surface area contributed by atoms with Crippen LogP contribution in [0.2, 0.25) is 0 Å². The summed E-state index contributed by atoms with van der Waals surface area (Å²) >= 11 is 0. The Morgan fingerprint density at radius 3 is 2.52 bits per heavy atom. The van der Waals surface area contributed by atoms with E-state index in [1.165, 1.54) is 27.8 Å². The zero-order chi connectivity index (χ0) is 16.2. The fourth-order valence-electron chi connectivity index (χ4n) is 2.86. The predicted molar refractivity (Wildman–Crippen MR) is 95.2 cm³/mol. The largest absolute Gasteiger partial charge is 0.497 e. The van der Waals surface area contributed by atoms with E-state index in [2.05, 4.69) is 61.9 Å². The maximum atomic E-state index is 5.43. The second-order valence-electron chi connectivity index (χ2n) is 5.63. The molecule has 117 valence electrons. The summed E-state index contributed by atoms with van der Waals surface area (Å²) in [6, 6.07) is 14.8. The van der Waals surface area contributed by atoms with Crippen LogP contribution in [0.15, 0.2) is 60.4 Å². The van der Waals surface area contributed by atoms with E-state index in [9.17, 15) is 0 Å². The minimum atomic E-state index is 0.865. The van der Waals surface area contributed by atoms with Gasteiger partial charge in [0.15, 0.2) is 0 Å². The number of methoxy groups -OCH3 is 2. The van der Waals surface area contributed by atoms with Crippen molar-refractivity contribution in [3.05, 3.63) is 77.9 Å². The number of hydrogen-bond acceptors (Lipinski definition) is 2. The highest BCUT2D eigenvalue weighted by Gasteiger charge is 2.14. The summed E-state index contributed by atoms with van der Waals surface area (Å²) in [6.45, 7) is 2.11. The van der Waals surface area contributed by atoms with Crippen molar-refractivity contribution in [1.82, 2.24) is 0 Å². The van der Waals surface area contributed by atoms with Crippen molar-refractivity contribution < 1.29 is 9.47 Å². The Bertz CT molecular complexity index is 769. The monoisotopic (exact) mass is 305 g/mol. The molecule has 0 N–H and O–H groups in total. The zero-order valence-corrected chi connectivity index (χ0v) is 13.8. The Balaban J connectivity index is 2.14. The van der Waals surface area contributed by atoms with Crippen molar-refractivity contribution in [1.29, 1.82) is 0 Å². The molecule has 0 bridgehead atoms. The van der Waals surface area contributed by atoms with Crippen LogP contribution in [0, 0.1) is 13.3 Å². The molecule has 1 aliphatic rings. The van der Waals surface area contributed by atoms with Crippen LogP contribution in [0.25, 0.3) is 16.7 Å². The first-order valence-corrected chi connectivity index (χ1v) is 7.76. The van der Waals surface area contributed by atoms with Crippen LogP contribution in [0.5, 0.6) is 5.75 Å². The molecule has 2 nitrogen and oxygen atoms in total. The number of benzene rings is 2. The number of rotatable bonds is 4. The van der Waals surface area contributed by atoms with Crippen LogP contribution in [-0.2, 0) is 4.74 Å². The average Bonchev–Trinajstić information content (AvgIpc) is 2.61. The van der Waals surface area contributed by atoms with Crippen molar-refractivity contribution in [2.45, 2.75) is 13.3 Å². The lowest BCUT2D eigenvalue weighted by atomic mass is 9.89. The molecule has 2 aromatic rings. The van der Waals surface area contributed by atoms with Crippen LogP contribution in [-0.4, -0.2) is 14.2 Å². The quantitative estimate of drug-likeness (QED) is 0.773. The molecule has 2 heteroatoms. The average molecular weight is 305 g/mol. The molecule has 0 atom stereocenters. The predicted octanol–water partition coefficient (Wildman–Crippen LogP) is 5.19. The van der Waals surface area contributed by atoms with E-state index in [1.54, 1.807) is 14.2 Å². The van der Waals surface area contributed by atoms with Gasteiger partial charge in [-0.2, -0.15) is 0 Å². The van der Waals surface area contributed by atoms with Gasteiger partial charge in [-0.05, 0) is 66.3 Å². The van der Waals surface area contributed by atoms with E-state index >= 15 is 0 Å². The maximum Gasteiger partial charge on any atom is 0.119 e. The van der Waals surface area contributed by atoms with Crippen LogP contribution in [0.1, 0.15) is 17.5 Å². The van der Waals surface area contributed by atoms with Gasteiger partial charge in [0.05, 0.1) is 14.2 Å². The first kappa shape index (κ1) is 15.4. The van der Waals surface area contributed by atoms with Gasteiger partial charge in [0.1, 0.15) is 11.5 Å². The van der Waals surface area contributed by atoms with Gasteiger partial charge >= 0.3 is 0 Å². The van der Waals surface area contributed by atoms with E-state index in [4.69, 9.17) is 9.47 Å². The molecule has 0 fully saturated rings. The molecule has 23 heavy (non-hydrogen) atoms. The molecule has 1 aliphatic carbocycles. The third kappa shape index (κ3) is 3.31. The fourth-order valence-corrected chi connectivity index (χ4v) is 2.86. The standard InChI is InChI=1S/C21H21O2/c1-15-6-4-7-16(12-15)21-14-19(23-3)10-11-20(21)17-8-5-9-18(13-17)22-2/h4,6-14H,5H2,1-3H3. The van der Waals surface area contributed by atoms with Crippen molar-refractivity contribution in [2.75, 3.05) is 14.2 Å². The summed E-state index contributed by atoms with van der Waals surface area (Å²) in [5.74, 6) is 1.78. The van der Waals surface area contributed by atoms with E-state index < -0.39 is 0 Å². The normalized spacial score (nSPS) is 14.0. The van der Waals surface area contributed by atoms with E-state index in [0.29, 0.717) is 0 Å². The van der Waals surface area contributed by atoms with E-state index in [1.807, 2.05) is 6.07 Å². The van der Waals surface area contributed by atoms with Gasteiger partial charge in [-0.15, -0.1) is 0 Å². The zero-order valence-electron chi connectivity index (χ0n) is 13.8. The van der Waals surface area contributed by atoms with Crippen LogP contribution in [0.4, 0.5) is 0 Å². The van der Waals surface area contributed by atoms with Gasteiger partial charge in [0.2, 0.25) is 0 Å². The SMILES string of the molecule is COC1=CC[CH]C(c2ccc(OC)cc2-c2cccc(C)c2)=C1. The highest BCUT2D eigenvalue weighted by molar-refractivity contribution is 5.86. The molecule has 3 rings (SSSR count). The number of ether oxygens (including phenoxy) is 2. The summed E-state index contributed by atoms with van der Waals surface area (Å²) in [7, 11) is 3.41. The molecule has 0 aliphatic heterocycles. The highest BCUT2D eigenvalue weighted by Crippen LogP contribution is 2.36. The maximum absolute atomic E-state index is 5.43. The van der Waals surface area contributed by atoms with Gasteiger partial charge in [-0.1, -0.05) is 35.9 Å². The summed E-state index contributed by atoms with van der Waals surface area (Å²) in [4.78, 5) is 0. The number of hydrogen-bond donors (Lipinski definition) is 0.